The van der Waals surface area contributed by atoms with E-state index in [4.69, 9.17) is 5.11 Å². The number of thioether (sulfide) groups is 1. The molecule has 0 bridgehead atoms. The van der Waals surface area contributed by atoms with Gasteiger partial charge in [-0.3, -0.25) is 0 Å². The van der Waals surface area contributed by atoms with Crippen molar-refractivity contribution in [3.05, 3.63) is 65.2 Å². The van der Waals surface area contributed by atoms with Crippen molar-refractivity contribution < 1.29 is 18.7 Å². The zero-order valence-electron chi connectivity index (χ0n) is 9.77. The summed E-state index contributed by atoms with van der Waals surface area (Å²) in [7, 11) is 0. The van der Waals surface area contributed by atoms with Crippen LogP contribution in [0.5, 0.6) is 0 Å². The van der Waals surface area contributed by atoms with Gasteiger partial charge in [0.25, 0.3) is 0 Å². The normalized spacial score (nSPS) is 10.4. The summed E-state index contributed by atoms with van der Waals surface area (Å²) in [4.78, 5) is 11.7. The summed E-state index contributed by atoms with van der Waals surface area (Å²) in [5.41, 5.74) is 0.437. The van der Waals surface area contributed by atoms with Gasteiger partial charge in [-0.15, -0.1) is 11.8 Å². The molecular weight excluding hydrogens is 270 g/mol. The summed E-state index contributed by atoms with van der Waals surface area (Å²) in [5, 5.41) is 9.00. The average Bonchev–Trinajstić information content (AvgIpc) is 2.37. The van der Waals surface area contributed by atoms with Crippen LogP contribution in [0.25, 0.3) is 0 Å². The SMILES string of the molecule is O=C(O)c1cc(F)ccc1CSc1cccc(F)c1. The molecule has 0 aliphatic carbocycles. The zero-order chi connectivity index (χ0) is 13.8. The number of halogens is 2. The van der Waals surface area contributed by atoms with Crippen LogP contribution in [-0.4, -0.2) is 11.1 Å². The van der Waals surface area contributed by atoms with E-state index >= 15 is 0 Å². The van der Waals surface area contributed by atoms with Gasteiger partial charge in [0.2, 0.25) is 0 Å². The number of aromatic carboxylic acids is 1. The maximum absolute atomic E-state index is 13.0. The third-order valence-corrected chi connectivity index (χ3v) is 3.54. The predicted molar refractivity (Wildman–Crippen MR) is 69.3 cm³/mol. The highest BCUT2D eigenvalue weighted by Crippen LogP contribution is 2.25. The van der Waals surface area contributed by atoms with Gasteiger partial charge in [-0.05, 0) is 35.9 Å². The van der Waals surface area contributed by atoms with Gasteiger partial charge in [0.1, 0.15) is 11.6 Å². The van der Waals surface area contributed by atoms with Gasteiger partial charge in [0.15, 0.2) is 0 Å². The molecule has 98 valence electrons. The lowest BCUT2D eigenvalue weighted by molar-refractivity contribution is 0.0695. The molecule has 0 atom stereocenters. The summed E-state index contributed by atoms with van der Waals surface area (Å²) in [6, 6.07) is 9.67. The fourth-order valence-corrected chi connectivity index (χ4v) is 2.54. The standard InChI is InChI=1S/C14H10F2O2S/c15-10-2-1-3-12(6-10)19-8-9-4-5-11(16)7-13(9)14(17)18/h1-7H,8H2,(H,17,18). The molecule has 0 heterocycles. The Kier molecular flexibility index (Phi) is 4.16. The van der Waals surface area contributed by atoms with E-state index in [-0.39, 0.29) is 11.4 Å². The van der Waals surface area contributed by atoms with Gasteiger partial charge in [-0.1, -0.05) is 12.1 Å². The van der Waals surface area contributed by atoms with Crippen LogP contribution >= 0.6 is 11.8 Å². The van der Waals surface area contributed by atoms with E-state index in [1.807, 2.05) is 0 Å². The maximum atomic E-state index is 13.0. The summed E-state index contributed by atoms with van der Waals surface area (Å²) in [5.74, 6) is -1.76. The van der Waals surface area contributed by atoms with Crippen molar-refractivity contribution >= 4 is 17.7 Å². The van der Waals surface area contributed by atoms with Crippen LogP contribution in [0.15, 0.2) is 47.4 Å². The Morgan fingerprint density at radius 3 is 2.53 bits per heavy atom. The maximum Gasteiger partial charge on any atom is 0.336 e. The molecule has 5 heteroatoms. The highest BCUT2D eigenvalue weighted by molar-refractivity contribution is 7.98. The van der Waals surface area contributed by atoms with Gasteiger partial charge in [-0.2, -0.15) is 0 Å². The molecule has 19 heavy (non-hydrogen) atoms. The molecule has 0 unspecified atom stereocenters. The highest BCUT2D eigenvalue weighted by Gasteiger charge is 2.11. The van der Waals surface area contributed by atoms with Crippen LogP contribution in [0.2, 0.25) is 0 Å². The van der Waals surface area contributed by atoms with E-state index in [2.05, 4.69) is 0 Å². The third-order valence-electron chi connectivity index (χ3n) is 2.49. The van der Waals surface area contributed by atoms with E-state index in [9.17, 15) is 13.6 Å². The molecule has 0 saturated heterocycles. The molecule has 0 aliphatic rings. The minimum atomic E-state index is -1.17. The van der Waals surface area contributed by atoms with Crippen molar-refractivity contribution in [3.8, 4) is 0 Å². The Hall–Kier alpha value is -1.88. The first-order valence-corrected chi connectivity index (χ1v) is 6.45. The lowest BCUT2D eigenvalue weighted by Crippen LogP contribution is -2.02. The number of rotatable bonds is 4. The van der Waals surface area contributed by atoms with Gasteiger partial charge in [0.05, 0.1) is 5.56 Å². The molecule has 0 aliphatic heterocycles. The van der Waals surface area contributed by atoms with Crippen LogP contribution in [0.3, 0.4) is 0 Å². The van der Waals surface area contributed by atoms with Crippen molar-refractivity contribution in [2.24, 2.45) is 0 Å². The van der Waals surface area contributed by atoms with Crippen LogP contribution in [0.4, 0.5) is 8.78 Å². The van der Waals surface area contributed by atoms with Crippen LogP contribution in [0, 0.1) is 11.6 Å². The van der Waals surface area contributed by atoms with Crippen LogP contribution in [0.1, 0.15) is 15.9 Å². The highest BCUT2D eigenvalue weighted by atomic mass is 32.2. The number of carboxylic acid groups (broad SMARTS) is 1. The van der Waals surface area contributed by atoms with E-state index in [1.54, 1.807) is 12.1 Å². The van der Waals surface area contributed by atoms with E-state index in [0.717, 1.165) is 6.07 Å². The summed E-state index contributed by atoms with van der Waals surface area (Å²) >= 11 is 1.30. The summed E-state index contributed by atoms with van der Waals surface area (Å²) in [6.45, 7) is 0. The fraction of sp³-hybridized carbons (Fsp3) is 0.0714. The Morgan fingerprint density at radius 1 is 1.11 bits per heavy atom. The Labute approximate surface area is 113 Å². The summed E-state index contributed by atoms with van der Waals surface area (Å²) < 4.78 is 26.0. The lowest BCUT2D eigenvalue weighted by Gasteiger charge is -2.06. The van der Waals surface area contributed by atoms with Crippen LogP contribution < -0.4 is 0 Å². The average molecular weight is 280 g/mol. The second kappa shape index (κ2) is 5.84. The number of carbonyl (C=O) groups is 1. The quantitative estimate of drug-likeness (QED) is 0.861. The fourth-order valence-electron chi connectivity index (χ4n) is 1.59. The Morgan fingerprint density at radius 2 is 1.84 bits per heavy atom. The predicted octanol–water partition coefficient (Wildman–Crippen LogP) is 3.96. The van der Waals surface area contributed by atoms with Crippen molar-refractivity contribution in [2.45, 2.75) is 10.6 Å². The lowest BCUT2D eigenvalue weighted by atomic mass is 10.1. The molecule has 2 rings (SSSR count). The molecule has 2 aromatic carbocycles. The minimum absolute atomic E-state index is 0.0658. The molecule has 0 radical (unpaired) electrons. The number of hydrogen-bond donors (Lipinski definition) is 1. The van der Waals surface area contributed by atoms with E-state index in [1.165, 1.54) is 36.0 Å². The second-order valence-corrected chi connectivity index (χ2v) is 4.90. The number of carboxylic acids is 1. The largest absolute Gasteiger partial charge is 0.478 e. The van der Waals surface area contributed by atoms with Gasteiger partial charge in [0, 0.05) is 10.6 Å². The number of hydrogen-bond acceptors (Lipinski definition) is 2. The first-order valence-electron chi connectivity index (χ1n) is 5.46. The monoisotopic (exact) mass is 280 g/mol. The topological polar surface area (TPSA) is 37.3 Å². The molecule has 0 aromatic heterocycles. The molecular formula is C14H10F2O2S. The van der Waals surface area contributed by atoms with Crippen molar-refractivity contribution in [1.82, 2.24) is 0 Å². The second-order valence-electron chi connectivity index (χ2n) is 3.85. The molecule has 0 saturated carbocycles. The van der Waals surface area contributed by atoms with Crippen molar-refractivity contribution in [1.29, 1.82) is 0 Å². The Balaban J connectivity index is 2.17. The molecule has 2 aromatic rings. The zero-order valence-corrected chi connectivity index (χ0v) is 10.6. The van der Waals surface area contributed by atoms with Gasteiger partial charge >= 0.3 is 5.97 Å². The van der Waals surface area contributed by atoms with Gasteiger partial charge < -0.3 is 5.11 Å². The number of benzene rings is 2. The van der Waals surface area contributed by atoms with E-state index in [0.29, 0.717) is 16.2 Å². The molecule has 0 spiro atoms. The third kappa shape index (κ3) is 3.54. The molecule has 0 fully saturated rings. The molecule has 0 amide bonds. The van der Waals surface area contributed by atoms with Gasteiger partial charge in [-0.25, -0.2) is 13.6 Å². The van der Waals surface area contributed by atoms with Crippen molar-refractivity contribution in [2.75, 3.05) is 0 Å². The van der Waals surface area contributed by atoms with Crippen LogP contribution in [-0.2, 0) is 5.75 Å². The molecule has 1 N–H and O–H groups in total. The molecule has 2 nitrogen and oxygen atoms in total. The first-order chi connectivity index (χ1) is 9.06. The minimum Gasteiger partial charge on any atom is -0.478 e. The smallest absolute Gasteiger partial charge is 0.336 e. The van der Waals surface area contributed by atoms with E-state index < -0.39 is 11.8 Å². The summed E-state index contributed by atoms with van der Waals surface area (Å²) in [6.07, 6.45) is 0. The Bertz CT molecular complexity index is 614. The first kappa shape index (κ1) is 13.5. The van der Waals surface area contributed by atoms with Crippen molar-refractivity contribution in [3.63, 3.8) is 0 Å².